The van der Waals surface area contributed by atoms with E-state index in [4.69, 9.17) is 0 Å². The Balaban J connectivity index is 1.83. The number of rotatable bonds is 2. The summed E-state index contributed by atoms with van der Waals surface area (Å²) in [6.45, 7) is 0. The zero-order chi connectivity index (χ0) is 11.7. The van der Waals surface area contributed by atoms with Crippen LogP contribution in [0.25, 0.3) is 11.4 Å². The van der Waals surface area contributed by atoms with E-state index >= 15 is 0 Å². The third kappa shape index (κ3) is 1.96. The van der Waals surface area contributed by atoms with E-state index in [-0.39, 0.29) is 0 Å². The Morgan fingerprint density at radius 1 is 1.00 bits per heavy atom. The molecule has 0 bridgehead atoms. The van der Waals surface area contributed by atoms with E-state index in [1.807, 2.05) is 12.1 Å². The van der Waals surface area contributed by atoms with Crippen molar-refractivity contribution in [2.45, 2.75) is 18.8 Å². The van der Waals surface area contributed by atoms with Crippen molar-refractivity contribution in [1.29, 1.82) is 0 Å². The van der Waals surface area contributed by atoms with E-state index in [1.54, 1.807) is 18.5 Å². The summed E-state index contributed by atoms with van der Waals surface area (Å²) < 4.78 is 0. The lowest BCUT2D eigenvalue weighted by Gasteiger charge is -2.24. The number of nitrogens with zero attached hydrogens (tertiary/aromatic N) is 2. The molecule has 0 aliphatic heterocycles. The summed E-state index contributed by atoms with van der Waals surface area (Å²) >= 11 is 0. The van der Waals surface area contributed by atoms with Gasteiger partial charge in [0.2, 0.25) is 0 Å². The quantitative estimate of drug-likeness (QED) is 0.787. The van der Waals surface area contributed by atoms with Gasteiger partial charge in [0.25, 0.3) is 0 Å². The molecule has 0 spiro atoms. The largest absolute Gasteiger partial charge is 0.300 e. The predicted molar refractivity (Wildman–Crippen MR) is 64.5 cm³/mol. The number of hydrogen-bond donors (Lipinski definition) is 0. The maximum absolute atomic E-state index is 11.0. The van der Waals surface area contributed by atoms with Crippen LogP contribution in [0.2, 0.25) is 0 Å². The Bertz CT molecular complexity index is 526. The molecule has 0 N–H and O–H groups in total. The average molecular weight is 224 g/mol. The molecule has 1 aromatic heterocycles. The van der Waals surface area contributed by atoms with Crippen molar-refractivity contribution in [2.24, 2.45) is 0 Å². The first-order valence-electron chi connectivity index (χ1n) is 5.72. The van der Waals surface area contributed by atoms with E-state index in [2.05, 4.69) is 22.1 Å². The molecule has 1 saturated carbocycles. The molecular weight excluding hydrogens is 212 g/mol. The highest BCUT2D eigenvalue weighted by Gasteiger charge is 2.27. The first-order chi connectivity index (χ1) is 8.33. The highest BCUT2D eigenvalue weighted by Crippen LogP contribution is 2.34. The molecule has 2 aromatic rings. The normalized spacial score (nSPS) is 15.6. The van der Waals surface area contributed by atoms with Gasteiger partial charge in [-0.25, -0.2) is 9.97 Å². The standard InChI is InChI=1S/C14H12N2O/c17-13-8-12(9-13)10-2-4-11(5-3-10)14-15-6-1-7-16-14/h1-7,12H,8-9H2. The Hall–Kier alpha value is -2.03. The topological polar surface area (TPSA) is 42.9 Å². The van der Waals surface area contributed by atoms with Gasteiger partial charge in [-0.3, -0.25) is 4.79 Å². The van der Waals surface area contributed by atoms with Crippen molar-refractivity contribution in [3.8, 4) is 11.4 Å². The van der Waals surface area contributed by atoms with Gasteiger partial charge in [-0.2, -0.15) is 0 Å². The van der Waals surface area contributed by atoms with Crippen LogP contribution in [0.15, 0.2) is 42.7 Å². The second kappa shape index (κ2) is 4.09. The zero-order valence-electron chi connectivity index (χ0n) is 9.34. The number of hydrogen-bond acceptors (Lipinski definition) is 3. The summed E-state index contributed by atoms with van der Waals surface area (Å²) in [5, 5.41) is 0. The van der Waals surface area contributed by atoms with Crippen molar-refractivity contribution in [2.75, 3.05) is 0 Å². The lowest BCUT2D eigenvalue weighted by atomic mass is 9.79. The Morgan fingerprint density at radius 3 is 2.24 bits per heavy atom. The molecular formula is C14H12N2O. The molecule has 17 heavy (non-hydrogen) atoms. The molecule has 1 heterocycles. The van der Waals surface area contributed by atoms with Crippen molar-refractivity contribution >= 4 is 5.78 Å². The van der Waals surface area contributed by atoms with E-state index in [1.165, 1.54) is 5.56 Å². The highest BCUT2D eigenvalue weighted by molar-refractivity contribution is 5.86. The van der Waals surface area contributed by atoms with Crippen molar-refractivity contribution in [3.63, 3.8) is 0 Å². The number of Topliss-reactive ketones (excluding diaryl/α,β-unsaturated/α-hetero) is 1. The van der Waals surface area contributed by atoms with Crippen LogP contribution in [0.3, 0.4) is 0 Å². The zero-order valence-corrected chi connectivity index (χ0v) is 9.34. The molecule has 0 saturated heterocycles. The molecule has 0 unspecified atom stereocenters. The number of benzene rings is 1. The van der Waals surface area contributed by atoms with E-state index in [0.717, 1.165) is 11.4 Å². The van der Waals surface area contributed by atoms with Gasteiger partial charge in [-0.15, -0.1) is 0 Å². The summed E-state index contributed by atoms with van der Waals surface area (Å²) in [5.41, 5.74) is 2.25. The molecule has 0 amide bonds. The second-order valence-electron chi connectivity index (χ2n) is 4.34. The highest BCUT2D eigenvalue weighted by atomic mass is 16.1. The fourth-order valence-corrected chi connectivity index (χ4v) is 2.08. The van der Waals surface area contributed by atoms with Gasteiger partial charge >= 0.3 is 0 Å². The Labute approximate surface area is 99.5 Å². The van der Waals surface area contributed by atoms with Crippen molar-refractivity contribution in [3.05, 3.63) is 48.3 Å². The Kier molecular flexibility index (Phi) is 2.44. The fourth-order valence-electron chi connectivity index (χ4n) is 2.08. The van der Waals surface area contributed by atoms with Crippen LogP contribution < -0.4 is 0 Å². The lowest BCUT2D eigenvalue weighted by Crippen LogP contribution is -2.20. The first kappa shape index (κ1) is 10.1. The summed E-state index contributed by atoms with van der Waals surface area (Å²) in [6.07, 6.45) is 4.87. The molecule has 1 fully saturated rings. The van der Waals surface area contributed by atoms with Crippen molar-refractivity contribution in [1.82, 2.24) is 9.97 Å². The number of aromatic nitrogens is 2. The third-order valence-corrected chi connectivity index (χ3v) is 3.15. The summed E-state index contributed by atoms with van der Waals surface area (Å²) in [6, 6.07) is 9.99. The van der Waals surface area contributed by atoms with Crippen LogP contribution in [0.1, 0.15) is 24.3 Å². The Morgan fingerprint density at radius 2 is 1.65 bits per heavy atom. The molecule has 1 aliphatic rings. The molecule has 1 aliphatic carbocycles. The molecule has 3 rings (SSSR count). The maximum Gasteiger partial charge on any atom is 0.159 e. The van der Waals surface area contributed by atoms with Crippen LogP contribution >= 0.6 is 0 Å². The van der Waals surface area contributed by atoms with E-state index in [0.29, 0.717) is 24.5 Å². The van der Waals surface area contributed by atoms with Crippen LogP contribution in [0.4, 0.5) is 0 Å². The SMILES string of the molecule is O=C1CC(c2ccc(-c3ncccn3)cc2)C1. The van der Waals surface area contributed by atoms with Gasteiger partial charge in [-0.1, -0.05) is 24.3 Å². The summed E-state index contributed by atoms with van der Waals surface area (Å²) in [5.74, 6) is 1.53. The maximum atomic E-state index is 11.0. The molecule has 3 heteroatoms. The van der Waals surface area contributed by atoms with Crippen LogP contribution in [-0.4, -0.2) is 15.8 Å². The van der Waals surface area contributed by atoms with Gasteiger partial charge in [-0.05, 0) is 17.5 Å². The first-order valence-corrected chi connectivity index (χ1v) is 5.72. The minimum absolute atomic E-state index is 0.366. The van der Waals surface area contributed by atoms with E-state index in [9.17, 15) is 4.79 Å². The monoisotopic (exact) mass is 224 g/mol. The minimum Gasteiger partial charge on any atom is -0.300 e. The molecule has 1 aromatic carbocycles. The van der Waals surface area contributed by atoms with Gasteiger partial charge in [0.15, 0.2) is 5.82 Å². The number of carbonyl (C=O) groups is 1. The average Bonchev–Trinajstić information content (AvgIpc) is 2.36. The molecule has 3 nitrogen and oxygen atoms in total. The fraction of sp³-hybridized carbons (Fsp3) is 0.214. The van der Waals surface area contributed by atoms with Gasteiger partial charge < -0.3 is 0 Å². The number of ketones is 1. The lowest BCUT2D eigenvalue weighted by molar-refractivity contribution is -0.124. The van der Waals surface area contributed by atoms with Gasteiger partial charge in [0, 0.05) is 30.8 Å². The smallest absolute Gasteiger partial charge is 0.159 e. The van der Waals surface area contributed by atoms with Crippen LogP contribution in [-0.2, 0) is 4.79 Å². The van der Waals surface area contributed by atoms with Gasteiger partial charge in [0.1, 0.15) is 5.78 Å². The van der Waals surface area contributed by atoms with E-state index < -0.39 is 0 Å². The molecule has 0 atom stereocenters. The third-order valence-electron chi connectivity index (χ3n) is 3.15. The van der Waals surface area contributed by atoms with Gasteiger partial charge in [0.05, 0.1) is 0 Å². The van der Waals surface area contributed by atoms with Crippen LogP contribution in [0, 0.1) is 0 Å². The second-order valence-corrected chi connectivity index (χ2v) is 4.34. The summed E-state index contributed by atoms with van der Waals surface area (Å²) in [4.78, 5) is 19.4. The molecule has 0 radical (unpaired) electrons. The molecule has 84 valence electrons. The number of carbonyl (C=O) groups excluding carboxylic acids is 1. The summed E-state index contributed by atoms with van der Waals surface area (Å²) in [7, 11) is 0. The predicted octanol–water partition coefficient (Wildman–Crippen LogP) is 2.59. The minimum atomic E-state index is 0.366. The van der Waals surface area contributed by atoms with Crippen molar-refractivity contribution < 1.29 is 4.79 Å². The van der Waals surface area contributed by atoms with Crippen LogP contribution in [0.5, 0.6) is 0 Å².